The molecule has 0 heterocycles. The predicted octanol–water partition coefficient (Wildman–Crippen LogP) is 4.38. The first-order valence-electron chi connectivity index (χ1n) is 8.16. The number of nitrogens with zero attached hydrogens (tertiary/aromatic N) is 1. The van der Waals surface area contributed by atoms with E-state index in [0.29, 0.717) is 16.7 Å². The summed E-state index contributed by atoms with van der Waals surface area (Å²) in [5, 5.41) is 10.9. The average Bonchev–Trinajstić information content (AvgIpc) is 2.72. The molecular formula is C21H15NO5. The summed E-state index contributed by atoms with van der Waals surface area (Å²) in [4.78, 5) is 35.7. The first-order valence-corrected chi connectivity index (χ1v) is 8.16. The molecule has 0 unspecified atom stereocenters. The van der Waals surface area contributed by atoms with Gasteiger partial charge in [0.05, 0.1) is 10.5 Å². The van der Waals surface area contributed by atoms with Gasteiger partial charge in [0, 0.05) is 23.3 Å². The monoisotopic (exact) mass is 361 g/mol. The number of esters is 1. The lowest BCUT2D eigenvalue weighted by Crippen LogP contribution is -2.20. The van der Waals surface area contributed by atoms with E-state index < -0.39 is 22.8 Å². The second-order valence-electron chi connectivity index (χ2n) is 5.73. The Bertz CT molecular complexity index is 953. The fourth-order valence-electron chi connectivity index (χ4n) is 2.55. The van der Waals surface area contributed by atoms with Crippen LogP contribution in [-0.2, 0) is 4.74 Å². The molecule has 3 aromatic rings. The summed E-state index contributed by atoms with van der Waals surface area (Å²) in [6, 6.07) is 22.1. The quantitative estimate of drug-likeness (QED) is 0.281. The highest BCUT2D eigenvalue weighted by Gasteiger charge is 2.27. The average molecular weight is 361 g/mol. The maximum Gasteiger partial charge on any atom is 0.339 e. The molecule has 0 amide bonds. The van der Waals surface area contributed by atoms with Gasteiger partial charge in [-0.3, -0.25) is 14.9 Å². The van der Waals surface area contributed by atoms with E-state index in [0.717, 1.165) is 0 Å². The lowest BCUT2D eigenvalue weighted by molar-refractivity contribution is -0.384. The van der Waals surface area contributed by atoms with Crippen LogP contribution in [0, 0.1) is 10.1 Å². The zero-order chi connectivity index (χ0) is 19.2. The maximum atomic E-state index is 12.9. The number of non-ortho nitro benzene ring substituents is 1. The van der Waals surface area contributed by atoms with Gasteiger partial charge >= 0.3 is 5.97 Å². The van der Waals surface area contributed by atoms with Crippen molar-refractivity contribution in [3.8, 4) is 0 Å². The van der Waals surface area contributed by atoms with Gasteiger partial charge in [-0.05, 0) is 24.3 Å². The van der Waals surface area contributed by atoms with E-state index in [1.165, 1.54) is 24.3 Å². The van der Waals surface area contributed by atoms with Gasteiger partial charge in [-0.25, -0.2) is 4.79 Å². The molecule has 27 heavy (non-hydrogen) atoms. The highest BCUT2D eigenvalue weighted by molar-refractivity contribution is 6.02. The third kappa shape index (κ3) is 4.24. The van der Waals surface area contributed by atoms with Crippen LogP contribution in [-0.4, -0.2) is 16.7 Å². The Balaban J connectivity index is 1.94. The highest BCUT2D eigenvalue weighted by atomic mass is 16.6. The van der Waals surface area contributed by atoms with Crippen molar-refractivity contribution >= 4 is 17.4 Å². The van der Waals surface area contributed by atoms with E-state index in [9.17, 15) is 19.7 Å². The van der Waals surface area contributed by atoms with E-state index in [2.05, 4.69) is 0 Å². The van der Waals surface area contributed by atoms with Crippen LogP contribution in [0.3, 0.4) is 0 Å². The first-order chi connectivity index (χ1) is 13.1. The lowest BCUT2D eigenvalue weighted by atomic mass is 9.99. The molecule has 0 aromatic heterocycles. The molecule has 0 aliphatic heterocycles. The van der Waals surface area contributed by atoms with Crippen LogP contribution in [0.4, 0.5) is 5.69 Å². The topological polar surface area (TPSA) is 86.5 Å². The van der Waals surface area contributed by atoms with E-state index in [-0.39, 0.29) is 5.69 Å². The molecule has 3 aromatic carbocycles. The van der Waals surface area contributed by atoms with Crippen molar-refractivity contribution in [3.63, 3.8) is 0 Å². The fourth-order valence-corrected chi connectivity index (χ4v) is 2.55. The molecule has 0 aliphatic carbocycles. The zero-order valence-electron chi connectivity index (χ0n) is 14.1. The van der Waals surface area contributed by atoms with E-state index in [1.54, 1.807) is 60.7 Å². The molecule has 0 bridgehead atoms. The van der Waals surface area contributed by atoms with Gasteiger partial charge in [-0.1, -0.05) is 48.5 Å². The molecule has 0 saturated carbocycles. The minimum absolute atomic E-state index is 0.112. The number of ether oxygens (including phenoxy) is 1. The van der Waals surface area contributed by atoms with Crippen LogP contribution in [0.25, 0.3) is 0 Å². The summed E-state index contributed by atoms with van der Waals surface area (Å²) in [7, 11) is 0. The Hall–Kier alpha value is -3.80. The van der Waals surface area contributed by atoms with Gasteiger partial charge in [0.1, 0.15) is 0 Å². The number of carbonyl (C=O) groups excluding carboxylic acids is 2. The van der Waals surface area contributed by atoms with Gasteiger partial charge in [-0.15, -0.1) is 0 Å². The summed E-state index contributed by atoms with van der Waals surface area (Å²) in [6.07, 6.45) is -1.21. The molecule has 6 nitrogen and oxygen atoms in total. The van der Waals surface area contributed by atoms with Gasteiger partial charge < -0.3 is 4.74 Å². The minimum atomic E-state index is -1.21. The molecule has 1 atom stereocenters. The molecule has 0 N–H and O–H groups in total. The Kier molecular flexibility index (Phi) is 5.37. The molecular weight excluding hydrogens is 346 g/mol. The van der Waals surface area contributed by atoms with Crippen molar-refractivity contribution in [3.05, 3.63) is 112 Å². The minimum Gasteiger partial charge on any atom is -0.445 e. The second-order valence-corrected chi connectivity index (χ2v) is 5.73. The SMILES string of the molecule is O=C(O[C@@H](C(=O)c1ccccc1)c1ccc([N+](=O)[O-])cc1)c1ccccc1. The number of ketones is 1. The molecule has 0 spiro atoms. The molecule has 0 radical (unpaired) electrons. The Labute approximate surface area is 155 Å². The Morgan fingerprint density at radius 2 is 1.30 bits per heavy atom. The molecule has 3 rings (SSSR count). The first kappa shape index (κ1) is 18.0. The molecule has 134 valence electrons. The Morgan fingerprint density at radius 1 is 0.778 bits per heavy atom. The number of nitro benzene ring substituents is 1. The van der Waals surface area contributed by atoms with Crippen LogP contribution < -0.4 is 0 Å². The van der Waals surface area contributed by atoms with Gasteiger partial charge in [0.15, 0.2) is 6.10 Å². The van der Waals surface area contributed by atoms with Crippen molar-refractivity contribution < 1.29 is 19.2 Å². The number of hydrogen-bond acceptors (Lipinski definition) is 5. The van der Waals surface area contributed by atoms with Gasteiger partial charge in [0.2, 0.25) is 5.78 Å². The zero-order valence-corrected chi connectivity index (χ0v) is 14.1. The van der Waals surface area contributed by atoms with Crippen molar-refractivity contribution in [1.29, 1.82) is 0 Å². The van der Waals surface area contributed by atoms with Crippen molar-refractivity contribution in [2.24, 2.45) is 0 Å². The summed E-state index contributed by atoms with van der Waals surface area (Å²) >= 11 is 0. The van der Waals surface area contributed by atoms with Crippen LogP contribution in [0.15, 0.2) is 84.9 Å². The molecule has 0 saturated heterocycles. The lowest BCUT2D eigenvalue weighted by Gasteiger charge is -2.17. The van der Waals surface area contributed by atoms with Crippen molar-refractivity contribution in [1.82, 2.24) is 0 Å². The molecule has 0 fully saturated rings. The number of nitro groups is 1. The summed E-state index contributed by atoms with van der Waals surface area (Å²) < 4.78 is 5.48. The van der Waals surface area contributed by atoms with E-state index in [4.69, 9.17) is 4.74 Å². The summed E-state index contributed by atoms with van der Waals surface area (Å²) in [5.74, 6) is -1.06. The summed E-state index contributed by atoms with van der Waals surface area (Å²) in [5.41, 5.74) is 0.935. The molecule has 6 heteroatoms. The van der Waals surface area contributed by atoms with Gasteiger partial charge in [0.25, 0.3) is 5.69 Å². The number of rotatable bonds is 6. The van der Waals surface area contributed by atoms with Crippen LogP contribution in [0.2, 0.25) is 0 Å². The Morgan fingerprint density at radius 3 is 1.81 bits per heavy atom. The van der Waals surface area contributed by atoms with E-state index in [1.807, 2.05) is 0 Å². The van der Waals surface area contributed by atoms with E-state index >= 15 is 0 Å². The number of hydrogen-bond donors (Lipinski definition) is 0. The number of carbonyl (C=O) groups is 2. The third-order valence-electron chi connectivity index (χ3n) is 3.94. The summed E-state index contributed by atoms with van der Waals surface area (Å²) in [6.45, 7) is 0. The second kappa shape index (κ2) is 8.05. The largest absolute Gasteiger partial charge is 0.445 e. The normalized spacial score (nSPS) is 11.4. The van der Waals surface area contributed by atoms with Crippen LogP contribution in [0.1, 0.15) is 32.4 Å². The standard InChI is InChI=1S/C21H15NO5/c23-19(15-7-3-1-4-8-15)20(16-11-13-18(14-12-16)22(25)26)27-21(24)17-9-5-2-6-10-17/h1-14,20H/t20-/m1/s1. The van der Waals surface area contributed by atoms with Crippen molar-refractivity contribution in [2.45, 2.75) is 6.10 Å². The van der Waals surface area contributed by atoms with Crippen LogP contribution >= 0.6 is 0 Å². The molecule has 0 aliphatic rings. The van der Waals surface area contributed by atoms with Crippen LogP contribution in [0.5, 0.6) is 0 Å². The smallest absolute Gasteiger partial charge is 0.339 e. The number of benzene rings is 3. The highest BCUT2D eigenvalue weighted by Crippen LogP contribution is 2.26. The fraction of sp³-hybridized carbons (Fsp3) is 0.0476. The van der Waals surface area contributed by atoms with Crippen molar-refractivity contribution in [2.75, 3.05) is 0 Å². The third-order valence-corrected chi connectivity index (χ3v) is 3.94. The van der Waals surface area contributed by atoms with Gasteiger partial charge in [-0.2, -0.15) is 0 Å². The maximum absolute atomic E-state index is 12.9. The predicted molar refractivity (Wildman–Crippen MR) is 98.5 cm³/mol. The number of Topliss-reactive ketones (excluding diaryl/α,β-unsaturated/α-hetero) is 1.